The number of rotatable bonds is 5. The molecule has 0 aliphatic carbocycles. The third-order valence-corrected chi connectivity index (χ3v) is 4.48. The van der Waals surface area contributed by atoms with Crippen molar-refractivity contribution < 1.29 is 19.4 Å². The highest BCUT2D eigenvalue weighted by molar-refractivity contribution is 6.03. The molecule has 2 aromatic carbocycles. The first-order chi connectivity index (χ1) is 12.6. The summed E-state index contributed by atoms with van der Waals surface area (Å²) >= 11 is 0. The van der Waals surface area contributed by atoms with E-state index in [2.05, 4.69) is 5.10 Å². The number of ether oxygens (including phenoxy) is 2. The molecule has 0 bridgehead atoms. The van der Waals surface area contributed by atoms with E-state index in [1.54, 1.807) is 33.3 Å². The molecule has 136 valence electrons. The highest BCUT2D eigenvalue weighted by atomic mass is 16.5. The maximum atomic E-state index is 12.4. The third kappa shape index (κ3) is 3.22. The lowest BCUT2D eigenvalue weighted by atomic mass is 9.97. The van der Waals surface area contributed by atoms with Crippen LogP contribution >= 0.6 is 0 Å². The van der Waals surface area contributed by atoms with Crippen molar-refractivity contribution in [3.8, 4) is 17.2 Å². The van der Waals surface area contributed by atoms with Gasteiger partial charge in [-0.2, -0.15) is 5.10 Å². The molecule has 0 fully saturated rings. The average Bonchev–Trinajstić information content (AvgIpc) is 3.12. The lowest BCUT2D eigenvalue weighted by Crippen LogP contribution is -2.26. The van der Waals surface area contributed by atoms with Crippen molar-refractivity contribution in [1.82, 2.24) is 5.01 Å². The normalized spacial score (nSPS) is 16.3. The number of nitrogens with zero attached hydrogens (tertiary/aromatic N) is 2. The Morgan fingerprint density at radius 1 is 1.19 bits per heavy atom. The second kappa shape index (κ2) is 7.47. The Morgan fingerprint density at radius 3 is 2.58 bits per heavy atom. The van der Waals surface area contributed by atoms with Crippen LogP contribution in [0.4, 0.5) is 0 Å². The van der Waals surface area contributed by atoms with Crippen LogP contribution in [0.1, 0.15) is 36.9 Å². The van der Waals surface area contributed by atoms with Gasteiger partial charge in [0.2, 0.25) is 5.91 Å². The summed E-state index contributed by atoms with van der Waals surface area (Å²) in [6.45, 7) is 1.80. The second-order valence-electron chi connectivity index (χ2n) is 5.99. The summed E-state index contributed by atoms with van der Waals surface area (Å²) in [5.41, 5.74) is 2.31. The van der Waals surface area contributed by atoms with Crippen LogP contribution in [-0.4, -0.2) is 36.0 Å². The molecule has 1 N–H and O–H groups in total. The summed E-state index contributed by atoms with van der Waals surface area (Å²) in [5.74, 6) is 1.31. The van der Waals surface area contributed by atoms with Gasteiger partial charge < -0.3 is 14.6 Å². The summed E-state index contributed by atoms with van der Waals surface area (Å²) in [5, 5.41) is 16.3. The maximum absolute atomic E-state index is 12.4. The van der Waals surface area contributed by atoms with Crippen LogP contribution in [0.15, 0.2) is 47.6 Å². The van der Waals surface area contributed by atoms with Gasteiger partial charge in [0.05, 0.1) is 26.0 Å². The number of hydrazone groups is 1. The first-order valence-electron chi connectivity index (χ1n) is 8.48. The van der Waals surface area contributed by atoms with E-state index in [1.165, 1.54) is 5.01 Å². The molecular weight excluding hydrogens is 332 g/mol. The lowest BCUT2D eigenvalue weighted by Gasteiger charge is -2.22. The van der Waals surface area contributed by atoms with Gasteiger partial charge in [-0.25, -0.2) is 5.01 Å². The first-order valence-corrected chi connectivity index (χ1v) is 8.48. The summed E-state index contributed by atoms with van der Waals surface area (Å²) in [4.78, 5) is 12.4. The van der Waals surface area contributed by atoms with Crippen LogP contribution in [-0.2, 0) is 4.79 Å². The predicted octanol–water partition coefficient (Wildman–Crippen LogP) is 3.50. The quantitative estimate of drug-likeness (QED) is 0.892. The van der Waals surface area contributed by atoms with Gasteiger partial charge in [-0.05, 0) is 24.3 Å². The van der Waals surface area contributed by atoms with Crippen LogP contribution in [0.25, 0.3) is 0 Å². The molecule has 1 heterocycles. The van der Waals surface area contributed by atoms with E-state index in [0.29, 0.717) is 29.9 Å². The van der Waals surface area contributed by atoms with Gasteiger partial charge in [0.1, 0.15) is 5.75 Å². The van der Waals surface area contributed by atoms with Gasteiger partial charge in [0.25, 0.3) is 0 Å². The highest BCUT2D eigenvalue weighted by Gasteiger charge is 2.33. The molecule has 1 aliphatic rings. The monoisotopic (exact) mass is 354 g/mol. The summed E-state index contributed by atoms with van der Waals surface area (Å²) in [7, 11) is 3.16. The fourth-order valence-corrected chi connectivity index (χ4v) is 3.10. The van der Waals surface area contributed by atoms with Gasteiger partial charge in [-0.15, -0.1) is 0 Å². The number of amides is 1. The van der Waals surface area contributed by atoms with Crippen LogP contribution in [0.5, 0.6) is 17.2 Å². The minimum absolute atomic E-state index is 0.0891. The third-order valence-electron chi connectivity index (χ3n) is 4.48. The van der Waals surface area contributed by atoms with Gasteiger partial charge in [-0.3, -0.25) is 4.79 Å². The SMILES string of the molecule is CCC(=O)N1N=C(c2ccc(OC)c(OC)c2)C[C@H]1c1ccccc1O. The molecular formula is C20H22N2O4. The number of carbonyl (C=O) groups is 1. The van der Waals surface area contributed by atoms with Gasteiger partial charge in [0.15, 0.2) is 11.5 Å². The number of aromatic hydroxyl groups is 1. The van der Waals surface area contributed by atoms with Gasteiger partial charge >= 0.3 is 0 Å². The smallest absolute Gasteiger partial charge is 0.242 e. The van der Waals surface area contributed by atoms with E-state index in [9.17, 15) is 9.90 Å². The molecule has 1 aliphatic heterocycles. The molecule has 0 saturated heterocycles. The largest absolute Gasteiger partial charge is 0.508 e. The maximum Gasteiger partial charge on any atom is 0.242 e. The predicted molar refractivity (Wildman–Crippen MR) is 98.7 cm³/mol. The molecule has 0 spiro atoms. The zero-order valence-electron chi connectivity index (χ0n) is 15.1. The fraction of sp³-hybridized carbons (Fsp3) is 0.300. The molecule has 0 radical (unpaired) electrons. The zero-order chi connectivity index (χ0) is 18.7. The molecule has 3 rings (SSSR count). The topological polar surface area (TPSA) is 71.4 Å². The summed E-state index contributed by atoms with van der Waals surface area (Å²) in [6, 6.07) is 12.3. The Morgan fingerprint density at radius 2 is 1.92 bits per heavy atom. The van der Waals surface area contributed by atoms with Crippen molar-refractivity contribution in [2.24, 2.45) is 5.10 Å². The van der Waals surface area contributed by atoms with Crippen LogP contribution in [0.2, 0.25) is 0 Å². The van der Waals surface area contributed by atoms with Crippen molar-refractivity contribution in [3.05, 3.63) is 53.6 Å². The molecule has 0 saturated carbocycles. The first kappa shape index (κ1) is 17.8. The molecule has 6 heteroatoms. The highest BCUT2D eigenvalue weighted by Crippen LogP contribution is 2.38. The Bertz CT molecular complexity index is 847. The van der Waals surface area contributed by atoms with Crippen molar-refractivity contribution >= 4 is 11.6 Å². The second-order valence-corrected chi connectivity index (χ2v) is 5.99. The number of hydrogen-bond acceptors (Lipinski definition) is 5. The molecule has 1 atom stereocenters. The Hall–Kier alpha value is -3.02. The van der Waals surface area contributed by atoms with Crippen molar-refractivity contribution in [2.45, 2.75) is 25.8 Å². The van der Waals surface area contributed by atoms with Crippen molar-refractivity contribution in [2.75, 3.05) is 14.2 Å². The number of hydrogen-bond donors (Lipinski definition) is 1. The average molecular weight is 354 g/mol. The van der Waals surface area contributed by atoms with Gasteiger partial charge in [-0.1, -0.05) is 25.1 Å². The Kier molecular flexibility index (Phi) is 5.11. The standard InChI is InChI=1S/C20H22N2O4/c1-4-20(24)22-16(14-7-5-6-8-17(14)23)12-15(21-22)13-9-10-18(25-2)19(11-13)26-3/h5-11,16,23H,4,12H2,1-3H3/t16-/m0/s1. The van der Waals surface area contributed by atoms with E-state index in [-0.39, 0.29) is 17.7 Å². The number of phenols is 1. The minimum atomic E-state index is -0.327. The zero-order valence-corrected chi connectivity index (χ0v) is 15.1. The molecule has 2 aromatic rings. The van der Waals surface area contributed by atoms with Crippen molar-refractivity contribution in [3.63, 3.8) is 0 Å². The Labute approximate surface area is 152 Å². The van der Waals surface area contributed by atoms with Crippen LogP contribution < -0.4 is 9.47 Å². The van der Waals surface area contributed by atoms with E-state index in [0.717, 1.165) is 11.3 Å². The van der Waals surface area contributed by atoms with Gasteiger partial charge in [0, 0.05) is 24.0 Å². The van der Waals surface area contributed by atoms with Crippen LogP contribution in [0, 0.1) is 0 Å². The number of carbonyl (C=O) groups excluding carboxylic acids is 1. The molecule has 6 nitrogen and oxygen atoms in total. The van der Waals surface area contributed by atoms with E-state index >= 15 is 0 Å². The molecule has 1 amide bonds. The van der Waals surface area contributed by atoms with Crippen LogP contribution in [0.3, 0.4) is 0 Å². The number of para-hydroxylation sites is 1. The fourth-order valence-electron chi connectivity index (χ4n) is 3.10. The molecule has 26 heavy (non-hydrogen) atoms. The molecule has 0 aromatic heterocycles. The Balaban J connectivity index is 1.99. The minimum Gasteiger partial charge on any atom is -0.508 e. The summed E-state index contributed by atoms with van der Waals surface area (Å²) in [6.07, 6.45) is 0.853. The summed E-state index contributed by atoms with van der Waals surface area (Å²) < 4.78 is 10.6. The number of methoxy groups -OCH3 is 2. The number of benzene rings is 2. The van der Waals surface area contributed by atoms with E-state index in [1.807, 2.05) is 30.3 Å². The van der Waals surface area contributed by atoms with E-state index < -0.39 is 0 Å². The number of phenolic OH excluding ortho intramolecular Hbond substituents is 1. The lowest BCUT2D eigenvalue weighted by molar-refractivity contribution is -0.132. The van der Waals surface area contributed by atoms with Crippen molar-refractivity contribution in [1.29, 1.82) is 0 Å². The van der Waals surface area contributed by atoms with E-state index in [4.69, 9.17) is 9.47 Å². The molecule has 0 unspecified atom stereocenters.